The SMILES string of the molecule is CCN1CCN(C(=O)NC(C(=O)N[C@@H]2C(=O)N(S(=O)(=O)O)C2OC(=O)c2cn(C3CC3)c3cc(N4CCNCC4)c(F)cc3c2=O)c2ccc(O)cc2)C(=O)C1=O.[H-].[Na+]. The number of likely N-dealkylation sites (N-methyl/N-ethyl adjacent to an activating group) is 1. The van der Waals surface area contributed by atoms with Crippen LogP contribution in [-0.4, -0.2) is 130 Å². The number of aromatic nitrogens is 1. The van der Waals surface area contributed by atoms with Crippen LogP contribution in [0.1, 0.15) is 49.2 Å². The number of phenols is 1. The first-order chi connectivity index (χ1) is 27.1. The van der Waals surface area contributed by atoms with Gasteiger partial charge in [0.05, 0.1) is 11.2 Å². The van der Waals surface area contributed by atoms with Gasteiger partial charge in [-0.3, -0.25) is 33.4 Å². The maximum Gasteiger partial charge on any atom is 1.00 e. The molecule has 58 heavy (non-hydrogen) atoms. The number of carbonyl (C=O) groups is 6. The van der Waals surface area contributed by atoms with Gasteiger partial charge >= 0.3 is 63.7 Å². The number of hydrogen-bond acceptors (Lipinski definition) is 13. The number of benzene rings is 2. The van der Waals surface area contributed by atoms with Gasteiger partial charge in [0, 0.05) is 63.4 Å². The Morgan fingerprint density at radius 3 is 2.31 bits per heavy atom. The van der Waals surface area contributed by atoms with Gasteiger partial charge in [-0.2, -0.15) is 12.7 Å². The minimum absolute atomic E-state index is 0. The number of piperazine rings is 2. The zero-order valence-electron chi connectivity index (χ0n) is 32.2. The van der Waals surface area contributed by atoms with Crippen LogP contribution in [-0.2, 0) is 34.2 Å². The van der Waals surface area contributed by atoms with E-state index >= 15 is 4.39 Å². The van der Waals surface area contributed by atoms with Crippen LogP contribution in [0.15, 0.2) is 47.4 Å². The molecule has 20 nitrogen and oxygen atoms in total. The molecule has 304 valence electrons. The van der Waals surface area contributed by atoms with Crippen molar-refractivity contribution >= 4 is 62.5 Å². The number of nitrogens with zero attached hydrogens (tertiary/aromatic N) is 5. The minimum Gasteiger partial charge on any atom is -1.00 e. The number of fused-ring (bicyclic) bond motifs is 1. The first kappa shape index (κ1) is 42.5. The number of imide groups is 1. The summed E-state index contributed by atoms with van der Waals surface area (Å²) in [6.07, 6.45) is 0.288. The fourth-order valence-corrected chi connectivity index (χ4v) is 7.76. The van der Waals surface area contributed by atoms with E-state index in [0.29, 0.717) is 49.4 Å². The molecule has 0 radical (unpaired) electrons. The second kappa shape index (κ2) is 16.6. The average molecular weight is 837 g/mol. The number of carbonyl (C=O) groups excluding carboxylic acids is 6. The van der Waals surface area contributed by atoms with Crippen LogP contribution in [0.25, 0.3) is 10.9 Å². The summed E-state index contributed by atoms with van der Waals surface area (Å²) in [7, 11) is -5.43. The third-order valence-corrected chi connectivity index (χ3v) is 11.1. The number of phenolic OH excluding ortho intramolecular Hbond substituents is 1. The number of pyridine rings is 1. The van der Waals surface area contributed by atoms with Crippen LogP contribution >= 0.6 is 0 Å². The Kier molecular flexibility index (Phi) is 12.2. The molecule has 7 rings (SSSR count). The molecule has 3 aliphatic heterocycles. The molecule has 1 aliphatic carbocycles. The molecule has 2 unspecified atom stereocenters. The van der Waals surface area contributed by atoms with E-state index in [0.717, 1.165) is 18.2 Å². The minimum atomic E-state index is -5.43. The quantitative estimate of drug-likeness (QED) is 0.0436. The van der Waals surface area contributed by atoms with Crippen molar-refractivity contribution in [3.8, 4) is 5.75 Å². The van der Waals surface area contributed by atoms with Crippen molar-refractivity contribution in [2.24, 2.45) is 0 Å². The number of ether oxygens (including phenoxy) is 1. The van der Waals surface area contributed by atoms with Gasteiger partial charge in [-0.05, 0) is 49.6 Å². The summed E-state index contributed by atoms with van der Waals surface area (Å²) >= 11 is 0. The molecule has 23 heteroatoms. The van der Waals surface area contributed by atoms with Crippen LogP contribution in [0, 0.1) is 5.82 Å². The molecule has 0 bridgehead atoms. The van der Waals surface area contributed by atoms with E-state index in [9.17, 15) is 51.6 Å². The van der Waals surface area contributed by atoms with Gasteiger partial charge in [-0.1, -0.05) is 12.1 Å². The van der Waals surface area contributed by atoms with Crippen LogP contribution in [0.2, 0.25) is 0 Å². The molecule has 3 aromatic rings. The van der Waals surface area contributed by atoms with Gasteiger partial charge in [-0.15, -0.1) is 0 Å². The van der Waals surface area contributed by atoms with Gasteiger partial charge in [0.1, 0.15) is 23.2 Å². The molecule has 1 aromatic heterocycles. The monoisotopic (exact) mass is 836 g/mol. The van der Waals surface area contributed by atoms with Crippen LogP contribution in [0.3, 0.4) is 0 Å². The Hall–Kier alpha value is -5.13. The molecule has 4 aliphatic rings. The second-order valence-electron chi connectivity index (χ2n) is 13.8. The Bertz CT molecular complexity index is 2380. The molecule has 4 fully saturated rings. The Labute approximate surface area is 352 Å². The number of anilines is 1. The van der Waals surface area contributed by atoms with Crippen molar-refractivity contribution in [1.82, 2.24) is 34.6 Å². The summed E-state index contributed by atoms with van der Waals surface area (Å²) in [4.78, 5) is 96.4. The Morgan fingerprint density at radius 2 is 1.69 bits per heavy atom. The Balaban J connectivity index is 0.00000331. The molecular formula is C35H38FN8NaO12S. The second-order valence-corrected chi connectivity index (χ2v) is 15.1. The maximum absolute atomic E-state index is 15.5. The molecule has 3 saturated heterocycles. The normalized spacial score (nSPS) is 20.3. The zero-order chi connectivity index (χ0) is 40.9. The summed E-state index contributed by atoms with van der Waals surface area (Å²) in [6.45, 7) is 3.90. The largest absolute Gasteiger partial charge is 1.00 e. The van der Waals surface area contributed by atoms with E-state index in [2.05, 4.69) is 16.0 Å². The van der Waals surface area contributed by atoms with Crippen molar-refractivity contribution in [1.29, 1.82) is 0 Å². The van der Waals surface area contributed by atoms with Crippen molar-refractivity contribution < 1.29 is 87.0 Å². The van der Waals surface area contributed by atoms with Crippen LogP contribution in [0.5, 0.6) is 5.75 Å². The fourth-order valence-electron chi connectivity index (χ4n) is 6.99. The van der Waals surface area contributed by atoms with E-state index in [4.69, 9.17) is 4.74 Å². The number of β-lactam (4-membered cyclic amide) rings is 1. The number of aromatic hydroxyl groups is 1. The van der Waals surface area contributed by atoms with E-state index in [1.165, 1.54) is 29.3 Å². The number of esters is 1. The first-order valence-corrected chi connectivity index (χ1v) is 19.3. The first-order valence-electron chi connectivity index (χ1n) is 17.9. The van der Waals surface area contributed by atoms with E-state index in [1.807, 2.05) is 4.90 Å². The summed E-state index contributed by atoms with van der Waals surface area (Å²) in [5.74, 6) is -7.23. The summed E-state index contributed by atoms with van der Waals surface area (Å²) < 4.78 is 56.7. The molecule has 3 atom stereocenters. The molecule has 0 spiro atoms. The number of nitrogens with one attached hydrogen (secondary N) is 3. The van der Waals surface area contributed by atoms with Gasteiger partial charge < -0.3 is 41.6 Å². The number of urea groups is 1. The van der Waals surface area contributed by atoms with Gasteiger partial charge in [-0.25, -0.2) is 14.0 Å². The van der Waals surface area contributed by atoms with Crippen LogP contribution in [0.4, 0.5) is 14.9 Å². The number of amides is 6. The molecule has 2 aromatic carbocycles. The van der Waals surface area contributed by atoms with Gasteiger partial charge in [0.2, 0.25) is 17.6 Å². The Morgan fingerprint density at radius 1 is 1.02 bits per heavy atom. The van der Waals surface area contributed by atoms with Crippen molar-refractivity contribution in [2.75, 3.05) is 50.7 Å². The summed E-state index contributed by atoms with van der Waals surface area (Å²) in [5.41, 5.74) is -1.02. The fraction of sp³-hybridized carbons (Fsp3) is 0.400. The molecule has 1 saturated carbocycles. The summed E-state index contributed by atoms with van der Waals surface area (Å²) in [5, 5.41) is 17.3. The summed E-state index contributed by atoms with van der Waals surface area (Å²) in [6, 6.07) is 2.17. The van der Waals surface area contributed by atoms with Crippen molar-refractivity contribution in [3.05, 3.63) is 69.8 Å². The van der Waals surface area contributed by atoms with E-state index in [1.54, 1.807) is 11.5 Å². The van der Waals surface area contributed by atoms with Gasteiger partial charge in [0.15, 0.2) is 6.04 Å². The number of halogens is 1. The zero-order valence-corrected chi connectivity index (χ0v) is 34.0. The van der Waals surface area contributed by atoms with Gasteiger partial charge in [0.25, 0.3) is 5.91 Å². The van der Waals surface area contributed by atoms with E-state index in [-0.39, 0.29) is 83.4 Å². The molecule has 6 amide bonds. The number of hydrogen-bond donors (Lipinski definition) is 5. The van der Waals surface area contributed by atoms with Crippen molar-refractivity contribution in [3.63, 3.8) is 0 Å². The molecular weight excluding hydrogens is 798 g/mol. The van der Waals surface area contributed by atoms with Crippen LogP contribution < -0.4 is 55.8 Å². The predicted molar refractivity (Wildman–Crippen MR) is 196 cm³/mol. The third kappa shape index (κ3) is 8.11. The number of rotatable bonds is 10. The smallest absolute Gasteiger partial charge is 1.00 e. The molecule has 5 N–H and O–H groups in total. The maximum atomic E-state index is 15.5. The molecule has 4 heterocycles. The standard InChI is InChI=1S/C35H37FN8O12S.Na.H/c1-2-40-13-14-42(32(50)31(40)49)35(52)39-26(18-3-7-20(45)8-4-18)29(47)38-27-30(48)44(57(53,54)55)33(27)56-34(51)22-17-43(19-5-6-19)24-16-25(41-11-9-37-10-12-41)23(36)15-21(24)28(22)46;;/h3-4,7-8,15-17,19,26-27,33,37,45H,2,5-6,9-14H2,1H3,(H,38,47)(H,39,52)(H,53,54,55);;/q;+1;-1/t26?,27-,33?;;/m1../s1. The van der Waals surface area contributed by atoms with Crippen molar-refractivity contribution in [2.45, 2.75) is 44.1 Å². The average Bonchev–Trinajstić information content (AvgIpc) is 4.03. The predicted octanol–water partition coefficient (Wildman–Crippen LogP) is -3.54. The topological polar surface area (TPSA) is 257 Å². The third-order valence-electron chi connectivity index (χ3n) is 10.2. The van der Waals surface area contributed by atoms with E-state index < -0.39 is 81.1 Å².